The monoisotopic (exact) mass is 281 g/mol. The zero-order valence-corrected chi connectivity index (χ0v) is 12.2. The van der Waals surface area contributed by atoms with Gasteiger partial charge in [0.15, 0.2) is 11.5 Å². The van der Waals surface area contributed by atoms with Gasteiger partial charge in [0.25, 0.3) is 0 Å². The molecule has 0 saturated carbocycles. The number of aliphatic hydroxyl groups excluding tert-OH is 1. The number of rotatable bonds is 6. The lowest BCUT2D eigenvalue weighted by atomic mass is 9.96. The molecule has 0 aromatic heterocycles. The van der Waals surface area contributed by atoms with Crippen LogP contribution >= 0.6 is 0 Å². The van der Waals surface area contributed by atoms with Crippen molar-refractivity contribution in [3.8, 4) is 11.5 Å². The Morgan fingerprint density at radius 2 is 2.00 bits per heavy atom. The van der Waals surface area contributed by atoms with Crippen molar-refractivity contribution in [3.63, 3.8) is 0 Å². The summed E-state index contributed by atoms with van der Waals surface area (Å²) in [6.45, 7) is 5.42. The fraction of sp³-hybridized carbons (Fsp3) is 0.533. The molecule has 0 amide bonds. The van der Waals surface area contributed by atoms with Crippen LogP contribution in [0.3, 0.4) is 0 Å². The highest BCUT2D eigenvalue weighted by molar-refractivity contribution is 5.70. The van der Waals surface area contributed by atoms with Gasteiger partial charge >= 0.3 is 5.97 Å². The molecule has 0 fully saturated rings. The SMILES string of the molecule is CC(=O)Oc1ccc([C@@H](N)[C@@H](O)CCC(C)C)cc1O. The van der Waals surface area contributed by atoms with E-state index in [4.69, 9.17) is 10.5 Å². The van der Waals surface area contributed by atoms with Gasteiger partial charge in [0.2, 0.25) is 0 Å². The van der Waals surface area contributed by atoms with Crippen LogP contribution in [0.5, 0.6) is 11.5 Å². The van der Waals surface area contributed by atoms with Gasteiger partial charge in [-0.1, -0.05) is 19.9 Å². The summed E-state index contributed by atoms with van der Waals surface area (Å²) in [6.07, 6.45) is 0.814. The van der Waals surface area contributed by atoms with Crippen LogP contribution in [0.1, 0.15) is 45.2 Å². The largest absolute Gasteiger partial charge is 0.504 e. The summed E-state index contributed by atoms with van der Waals surface area (Å²) in [5.74, 6) is -0.0831. The van der Waals surface area contributed by atoms with Gasteiger partial charge in [-0.3, -0.25) is 4.79 Å². The average Bonchev–Trinajstić information content (AvgIpc) is 2.37. The second-order valence-corrected chi connectivity index (χ2v) is 5.39. The molecule has 2 atom stereocenters. The molecule has 5 heteroatoms. The van der Waals surface area contributed by atoms with E-state index in [-0.39, 0.29) is 11.5 Å². The van der Waals surface area contributed by atoms with E-state index in [2.05, 4.69) is 13.8 Å². The highest BCUT2D eigenvalue weighted by Gasteiger charge is 2.18. The summed E-state index contributed by atoms with van der Waals surface area (Å²) in [5, 5.41) is 19.8. The van der Waals surface area contributed by atoms with Crippen LogP contribution in [0.2, 0.25) is 0 Å². The van der Waals surface area contributed by atoms with E-state index in [9.17, 15) is 15.0 Å². The first-order valence-electron chi connectivity index (χ1n) is 6.76. The summed E-state index contributed by atoms with van der Waals surface area (Å²) in [6, 6.07) is 3.95. The number of benzene rings is 1. The molecule has 20 heavy (non-hydrogen) atoms. The Bertz CT molecular complexity index is 459. The first kappa shape index (κ1) is 16.5. The number of phenolic OH excluding ortho intramolecular Hbond substituents is 1. The van der Waals surface area contributed by atoms with Crippen LogP contribution in [0.15, 0.2) is 18.2 Å². The number of carbonyl (C=O) groups is 1. The molecule has 0 aliphatic rings. The van der Waals surface area contributed by atoms with E-state index in [0.29, 0.717) is 17.9 Å². The fourth-order valence-corrected chi connectivity index (χ4v) is 1.89. The zero-order chi connectivity index (χ0) is 15.3. The standard InChI is InChI=1S/C15H23NO4/c1-9(2)4-6-12(18)15(16)11-5-7-14(13(19)8-11)20-10(3)17/h5,7-9,12,15,18-19H,4,6,16H2,1-3H3/t12-,15+/m0/s1. The van der Waals surface area contributed by atoms with Crippen LogP contribution in [0.4, 0.5) is 0 Å². The molecule has 112 valence electrons. The Balaban J connectivity index is 2.76. The molecule has 0 aliphatic carbocycles. The van der Waals surface area contributed by atoms with Crippen molar-refractivity contribution in [1.29, 1.82) is 0 Å². The maximum absolute atomic E-state index is 10.8. The fourth-order valence-electron chi connectivity index (χ4n) is 1.89. The van der Waals surface area contributed by atoms with Crippen molar-refractivity contribution < 1.29 is 19.7 Å². The molecular weight excluding hydrogens is 258 g/mol. The van der Waals surface area contributed by atoms with Gasteiger partial charge in [-0.15, -0.1) is 0 Å². The van der Waals surface area contributed by atoms with Gasteiger partial charge in [-0.05, 0) is 36.5 Å². The van der Waals surface area contributed by atoms with Gasteiger partial charge in [0.05, 0.1) is 12.1 Å². The number of aliphatic hydroxyl groups is 1. The molecule has 0 radical (unpaired) electrons. The molecule has 1 aromatic rings. The Morgan fingerprint density at radius 3 is 2.50 bits per heavy atom. The number of hydrogen-bond acceptors (Lipinski definition) is 5. The lowest BCUT2D eigenvalue weighted by molar-refractivity contribution is -0.132. The van der Waals surface area contributed by atoms with Crippen LogP contribution < -0.4 is 10.5 Å². The second-order valence-electron chi connectivity index (χ2n) is 5.39. The second kappa shape index (κ2) is 7.26. The first-order valence-corrected chi connectivity index (χ1v) is 6.76. The Morgan fingerprint density at radius 1 is 1.35 bits per heavy atom. The third kappa shape index (κ3) is 4.83. The average molecular weight is 281 g/mol. The van der Waals surface area contributed by atoms with Crippen LogP contribution in [0, 0.1) is 5.92 Å². The summed E-state index contributed by atoms with van der Waals surface area (Å²) in [4.78, 5) is 10.8. The minimum absolute atomic E-state index is 0.0881. The van der Waals surface area contributed by atoms with E-state index >= 15 is 0 Å². The highest BCUT2D eigenvalue weighted by Crippen LogP contribution is 2.30. The Kier molecular flexibility index (Phi) is 5.98. The van der Waals surface area contributed by atoms with E-state index in [1.165, 1.54) is 19.1 Å². The van der Waals surface area contributed by atoms with E-state index in [0.717, 1.165) is 6.42 Å². The number of nitrogens with two attached hydrogens (primary N) is 1. The molecule has 5 nitrogen and oxygen atoms in total. The van der Waals surface area contributed by atoms with Crippen molar-refractivity contribution >= 4 is 5.97 Å². The molecule has 0 bridgehead atoms. The highest BCUT2D eigenvalue weighted by atomic mass is 16.5. The van der Waals surface area contributed by atoms with Crippen molar-refractivity contribution in [2.24, 2.45) is 11.7 Å². The number of hydrogen-bond donors (Lipinski definition) is 3. The zero-order valence-electron chi connectivity index (χ0n) is 12.2. The minimum Gasteiger partial charge on any atom is -0.504 e. The molecular formula is C15H23NO4. The van der Waals surface area contributed by atoms with Gasteiger partial charge in [0, 0.05) is 6.92 Å². The Hall–Kier alpha value is -1.59. The summed E-state index contributed by atoms with van der Waals surface area (Å²) < 4.78 is 4.83. The van der Waals surface area contributed by atoms with Crippen molar-refractivity contribution in [2.45, 2.75) is 45.8 Å². The summed E-state index contributed by atoms with van der Waals surface area (Å²) >= 11 is 0. The number of carbonyl (C=O) groups excluding carboxylic acids is 1. The lowest BCUT2D eigenvalue weighted by Gasteiger charge is -2.20. The lowest BCUT2D eigenvalue weighted by Crippen LogP contribution is -2.26. The maximum Gasteiger partial charge on any atom is 0.308 e. The van der Waals surface area contributed by atoms with Crippen molar-refractivity contribution in [1.82, 2.24) is 0 Å². The number of ether oxygens (including phenoxy) is 1. The van der Waals surface area contributed by atoms with Crippen LogP contribution in [-0.2, 0) is 4.79 Å². The maximum atomic E-state index is 10.8. The third-order valence-corrected chi connectivity index (χ3v) is 3.08. The van der Waals surface area contributed by atoms with Gasteiger partial charge < -0.3 is 20.7 Å². The number of phenols is 1. The normalized spacial score (nSPS) is 14.1. The van der Waals surface area contributed by atoms with Gasteiger partial charge in [-0.25, -0.2) is 0 Å². The number of esters is 1. The molecule has 0 aliphatic heterocycles. The predicted octanol–water partition coefficient (Wildman–Crippen LogP) is 2.11. The van der Waals surface area contributed by atoms with E-state index in [1.54, 1.807) is 6.07 Å². The number of aromatic hydroxyl groups is 1. The van der Waals surface area contributed by atoms with Crippen LogP contribution in [-0.4, -0.2) is 22.3 Å². The Labute approximate surface area is 119 Å². The van der Waals surface area contributed by atoms with Gasteiger partial charge in [-0.2, -0.15) is 0 Å². The molecule has 0 spiro atoms. The third-order valence-electron chi connectivity index (χ3n) is 3.08. The smallest absolute Gasteiger partial charge is 0.308 e. The predicted molar refractivity (Wildman–Crippen MR) is 76.4 cm³/mol. The quantitative estimate of drug-likeness (QED) is 0.548. The van der Waals surface area contributed by atoms with Gasteiger partial charge in [0.1, 0.15) is 0 Å². The van der Waals surface area contributed by atoms with Crippen molar-refractivity contribution in [2.75, 3.05) is 0 Å². The topological polar surface area (TPSA) is 92.8 Å². The van der Waals surface area contributed by atoms with Crippen LogP contribution in [0.25, 0.3) is 0 Å². The molecule has 1 rings (SSSR count). The molecule has 0 saturated heterocycles. The molecule has 4 N–H and O–H groups in total. The summed E-state index contributed by atoms with van der Waals surface area (Å²) in [5.41, 5.74) is 6.58. The van der Waals surface area contributed by atoms with E-state index < -0.39 is 18.1 Å². The van der Waals surface area contributed by atoms with Crippen molar-refractivity contribution in [3.05, 3.63) is 23.8 Å². The first-order chi connectivity index (χ1) is 9.31. The molecule has 0 unspecified atom stereocenters. The molecule has 1 aromatic carbocycles. The minimum atomic E-state index is -0.670. The molecule has 0 heterocycles. The van der Waals surface area contributed by atoms with E-state index in [1.807, 2.05) is 0 Å². The summed E-state index contributed by atoms with van der Waals surface area (Å²) in [7, 11) is 0.